The number of ether oxygens (including phenoxy) is 4. The summed E-state index contributed by atoms with van der Waals surface area (Å²) in [5.74, 6) is 2.38. The third-order valence-corrected chi connectivity index (χ3v) is 4.06. The molecule has 0 atom stereocenters. The Morgan fingerprint density at radius 3 is 2.70 bits per heavy atom. The van der Waals surface area contributed by atoms with Crippen molar-refractivity contribution < 1.29 is 23.7 Å². The molecule has 0 unspecified atom stereocenters. The van der Waals surface area contributed by atoms with Crippen LogP contribution in [0, 0.1) is 0 Å². The van der Waals surface area contributed by atoms with Gasteiger partial charge >= 0.3 is 0 Å². The molecule has 3 rings (SSSR count). The van der Waals surface area contributed by atoms with E-state index in [1.54, 1.807) is 25.3 Å². The SMILES string of the molecule is COc1ccc(OCCNC(=O)/C=C/c2cc(Cl)c3c(c2)OCCO3)cc1. The quantitative estimate of drug-likeness (QED) is 0.581. The predicted octanol–water partition coefficient (Wildman–Crippen LogP) is 3.33. The fourth-order valence-corrected chi connectivity index (χ4v) is 2.75. The molecule has 142 valence electrons. The Kier molecular flexibility index (Phi) is 6.44. The van der Waals surface area contributed by atoms with Crippen LogP contribution in [0.3, 0.4) is 0 Å². The molecule has 0 saturated heterocycles. The minimum atomic E-state index is -0.223. The number of benzene rings is 2. The van der Waals surface area contributed by atoms with Gasteiger partial charge in [0.05, 0.1) is 18.7 Å². The van der Waals surface area contributed by atoms with E-state index in [2.05, 4.69) is 5.32 Å². The summed E-state index contributed by atoms with van der Waals surface area (Å²) in [6.07, 6.45) is 3.11. The van der Waals surface area contributed by atoms with Gasteiger partial charge in [-0.3, -0.25) is 4.79 Å². The number of nitrogens with one attached hydrogen (secondary N) is 1. The van der Waals surface area contributed by atoms with E-state index >= 15 is 0 Å². The van der Waals surface area contributed by atoms with Crippen LogP contribution in [0.2, 0.25) is 5.02 Å². The smallest absolute Gasteiger partial charge is 0.244 e. The number of hydrogen-bond donors (Lipinski definition) is 1. The Morgan fingerprint density at radius 1 is 1.19 bits per heavy atom. The maximum Gasteiger partial charge on any atom is 0.244 e. The van der Waals surface area contributed by atoms with Crippen molar-refractivity contribution in [3.8, 4) is 23.0 Å². The van der Waals surface area contributed by atoms with Crippen LogP contribution in [0.1, 0.15) is 5.56 Å². The van der Waals surface area contributed by atoms with Gasteiger partial charge in [-0.1, -0.05) is 11.6 Å². The zero-order chi connectivity index (χ0) is 19.1. The zero-order valence-corrected chi connectivity index (χ0v) is 15.6. The highest BCUT2D eigenvalue weighted by molar-refractivity contribution is 6.32. The molecule has 0 radical (unpaired) electrons. The van der Waals surface area contributed by atoms with Crippen LogP contribution in [0.4, 0.5) is 0 Å². The average Bonchev–Trinajstić information content (AvgIpc) is 2.70. The second-order valence-corrected chi connectivity index (χ2v) is 6.08. The Balaban J connectivity index is 1.45. The van der Waals surface area contributed by atoms with Gasteiger partial charge < -0.3 is 24.3 Å². The summed E-state index contributed by atoms with van der Waals surface area (Å²) in [5.41, 5.74) is 0.758. The van der Waals surface area contributed by atoms with E-state index < -0.39 is 0 Å². The fourth-order valence-electron chi connectivity index (χ4n) is 2.47. The summed E-state index contributed by atoms with van der Waals surface area (Å²) >= 11 is 6.18. The minimum Gasteiger partial charge on any atom is -0.497 e. The van der Waals surface area contributed by atoms with E-state index in [4.69, 9.17) is 30.5 Å². The second kappa shape index (κ2) is 9.19. The maximum atomic E-state index is 11.9. The van der Waals surface area contributed by atoms with Gasteiger partial charge in [0, 0.05) is 6.08 Å². The molecule has 27 heavy (non-hydrogen) atoms. The molecule has 6 nitrogen and oxygen atoms in total. The molecular formula is C20H20ClNO5. The molecule has 2 aromatic carbocycles. The Bertz CT molecular complexity index is 820. The molecule has 0 aromatic heterocycles. The fraction of sp³-hybridized carbons (Fsp3) is 0.250. The van der Waals surface area contributed by atoms with Crippen molar-refractivity contribution in [1.82, 2.24) is 5.32 Å². The Labute approximate surface area is 162 Å². The minimum absolute atomic E-state index is 0.223. The van der Waals surface area contributed by atoms with Crippen molar-refractivity contribution in [2.24, 2.45) is 0 Å². The molecule has 0 spiro atoms. The number of carbonyl (C=O) groups excluding carboxylic acids is 1. The summed E-state index contributed by atoms with van der Waals surface area (Å²) < 4.78 is 21.6. The lowest BCUT2D eigenvalue weighted by Crippen LogP contribution is -2.26. The third kappa shape index (κ3) is 5.31. The Morgan fingerprint density at radius 2 is 1.93 bits per heavy atom. The summed E-state index contributed by atoms with van der Waals surface area (Å²) in [7, 11) is 1.61. The third-order valence-electron chi connectivity index (χ3n) is 3.78. The van der Waals surface area contributed by atoms with E-state index in [1.165, 1.54) is 6.08 Å². The molecule has 1 aliphatic heterocycles. The molecule has 2 aromatic rings. The highest BCUT2D eigenvalue weighted by Gasteiger charge is 2.15. The van der Waals surface area contributed by atoms with Crippen molar-refractivity contribution in [1.29, 1.82) is 0 Å². The number of hydrogen-bond acceptors (Lipinski definition) is 5. The zero-order valence-electron chi connectivity index (χ0n) is 14.9. The van der Waals surface area contributed by atoms with Gasteiger partial charge in [-0.25, -0.2) is 0 Å². The van der Waals surface area contributed by atoms with Crippen LogP contribution >= 0.6 is 11.6 Å². The number of carbonyl (C=O) groups is 1. The highest BCUT2D eigenvalue weighted by atomic mass is 35.5. The standard InChI is InChI=1S/C20H20ClNO5/c1-24-15-3-5-16(6-4-15)25-9-8-22-19(23)7-2-14-12-17(21)20-18(13-14)26-10-11-27-20/h2-7,12-13H,8-11H2,1H3,(H,22,23)/b7-2+. The van der Waals surface area contributed by atoms with E-state index in [9.17, 15) is 4.79 Å². The van der Waals surface area contributed by atoms with Gasteiger partial charge in [0.15, 0.2) is 11.5 Å². The molecule has 0 saturated carbocycles. The van der Waals surface area contributed by atoms with Crippen LogP contribution < -0.4 is 24.3 Å². The van der Waals surface area contributed by atoms with Crippen molar-refractivity contribution in [3.63, 3.8) is 0 Å². The molecular weight excluding hydrogens is 370 g/mol. The summed E-state index contributed by atoms with van der Waals surface area (Å²) in [6.45, 7) is 1.70. The lowest BCUT2D eigenvalue weighted by molar-refractivity contribution is -0.116. The average molecular weight is 390 g/mol. The first-order valence-corrected chi connectivity index (χ1v) is 8.85. The van der Waals surface area contributed by atoms with Crippen LogP contribution in [0.15, 0.2) is 42.5 Å². The summed E-state index contributed by atoms with van der Waals surface area (Å²) in [4.78, 5) is 11.9. The molecule has 0 aliphatic carbocycles. The predicted molar refractivity (Wildman–Crippen MR) is 103 cm³/mol. The normalized spacial score (nSPS) is 12.7. The molecule has 0 fully saturated rings. The lowest BCUT2D eigenvalue weighted by atomic mass is 10.1. The van der Waals surface area contributed by atoms with Crippen molar-refractivity contribution in [3.05, 3.63) is 53.1 Å². The molecule has 1 N–H and O–H groups in total. The topological polar surface area (TPSA) is 66.0 Å². The van der Waals surface area contributed by atoms with E-state index in [0.717, 1.165) is 11.3 Å². The molecule has 0 bridgehead atoms. The largest absolute Gasteiger partial charge is 0.497 e. The summed E-state index contributed by atoms with van der Waals surface area (Å²) in [5, 5.41) is 3.22. The number of methoxy groups -OCH3 is 1. The number of amides is 1. The van der Waals surface area contributed by atoms with Gasteiger partial charge in [-0.2, -0.15) is 0 Å². The van der Waals surface area contributed by atoms with Gasteiger partial charge in [-0.15, -0.1) is 0 Å². The lowest BCUT2D eigenvalue weighted by Gasteiger charge is -2.19. The monoisotopic (exact) mass is 389 g/mol. The first-order chi connectivity index (χ1) is 13.2. The van der Waals surface area contributed by atoms with Crippen LogP contribution in [0.5, 0.6) is 23.0 Å². The molecule has 1 aliphatic rings. The first kappa shape index (κ1) is 18.9. The number of fused-ring (bicyclic) bond motifs is 1. The van der Waals surface area contributed by atoms with Crippen LogP contribution in [0.25, 0.3) is 6.08 Å². The molecule has 1 amide bonds. The second-order valence-electron chi connectivity index (χ2n) is 5.68. The Hall–Kier alpha value is -2.86. The highest BCUT2D eigenvalue weighted by Crippen LogP contribution is 2.38. The van der Waals surface area contributed by atoms with Gasteiger partial charge in [-0.05, 0) is 48.0 Å². The van der Waals surface area contributed by atoms with Crippen LogP contribution in [-0.4, -0.2) is 39.4 Å². The van der Waals surface area contributed by atoms with Gasteiger partial charge in [0.2, 0.25) is 5.91 Å². The van der Waals surface area contributed by atoms with Crippen molar-refractivity contribution >= 4 is 23.6 Å². The summed E-state index contributed by atoms with van der Waals surface area (Å²) in [6, 6.07) is 10.8. The van der Waals surface area contributed by atoms with Crippen molar-refractivity contribution in [2.75, 3.05) is 33.5 Å². The van der Waals surface area contributed by atoms with Gasteiger partial charge in [0.1, 0.15) is 31.3 Å². The molecule has 1 heterocycles. The maximum absolute atomic E-state index is 11.9. The first-order valence-electron chi connectivity index (χ1n) is 8.47. The van der Waals surface area contributed by atoms with E-state index in [-0.39, 0.29) is 5.91 Å². The van der Waals surface area contributed by atoms with E-state index in [1.807, 2.05) is 24.3 Å². The number of halogens is 1. The van der Waals surface area contributed by atoms with Gasteiger partial charge in [0.25, 0.3) is 0 Å². The van der Waals surface area contributed by atoms with E-state index in [0.29, 0.717) is 48.6 Å². The van der Waals surface area contributed by atoms with Crippen LogP contribution in [-0.2, 0) is 4.79 Å². The number of rotatable bonds is 7. The van der Waals surface area contributed by atoms with Crippen molar-refractivity contribution in [2.45, 2.75) is 0 Å². The molecule has 7 heteroatoms.